The molecule has 1 aromatic heterocycles. The van der Waals surface area contributed by atoms with Gasteiger partial charge in [0.15, 0.2) is 0 Å². The molecule has 1 fully saturated rings. The van der Waals surface area contributed by atoms with Gasteiger partial charge in [0.05, 0.1) is 11.9 Å². The highest BCUT2D eigenvalue weighted by molar-refractivity contribution is 5.76. The molecule has 1 amide bonds. The van der Waals surface area contributed by atoms with E-state index in [9.17, 15) is 4.79 Å². The molecule has 1 aromatic rings. The molecule has 5 heteroatoms. The van der Waals surface area contributed by atoms with E-state index in [2.05, 4.69) is 23.7 Å². The largest absolute Gasteiger partial charge is 0.384 e. The van der Waals surface area contributed by atoms with E-state index in [0.717, 1.165) is 38.3 Å². The van der Waals surface area contributed by atoms with Gasteiger partial charge in [-0.3, -0.25) is 4.79 Å². The maximum Gasteiger partial charge on any atom is 0.222 e. The quantitative estimate of drug-likeness (QED) is 0.910. The van der Waals surface area contributed by atoms with Gasteiger partial charge in [0, 0.05) is 32.6 Å². The summed E-state index contributed by atoms with van der Waals surface area (Å²) in [6.45, 7) is 7.61. The average Bonchev–Trinajstić information content (AvgIpc) is 2.46. The van der Waals surface area contributed by atoms with Gasteiger partial charge in [0.25, 0.3) is 0 Å². The van der Waals surface area contributed by atoms with E-state index < -0.39 is 0 Å². The maximum atomic E-state index is 12.1. The highest BCUT2D eigenvalue weighted by atomic mass is 16.2. The highest BCUT2D eigenvalue weighted by Gasteiger charge is 2.21. The van der Waals surface area contributed by atoms with Crippen LogP contribution >= 0.6 is 0 Å². The fraction of sp³-hybridized carbons (Fsp3) is 0.600. The summed E-state index contributed by atoms with van der Waals surface area (Å²) >= 11 is 0. The number of carbonyl (C=O) groups is 1. The zero-order chi connectivity index (χ0) is 14.5. The van der Waals surface area contributed by atoms with Crippen molar-refractivity contribution in [3.63, 3.8) is 0 Å². The fourth-order valence-corrected chi connectivity index (χ4v) is 2.37. The molecule has 20 heavy (non-hydrogen) atoms. The first-order valence-corrected chi connectivity index (χ1v) is 7.30. The standard InChI is InChI=1S/C15H24N4O/c1-12(2)3-6-15(20)19-9-7-18(8-10-19)13-4-5-14(16)17-11-13/h4-5,11-12H,3,6-10H2,1-2H3,(H2,16,17). The number of hydrogen-bond donors (Lipinski definition) is 1. The molecule has 2 heterocycles. The first-order valence-electron chi connectivity index (χ1n) is 7.30. The molecule has 0 bridgehead atoms. The van der Waals surface area contributed by atoms with E-state index in [4.69, 9.17) is 5.73 Å². The minimum absolute atomic E-state index is 0.286. The summed E-state index contributed by atoms with van der Waals surface area (Å²) in [4.78, 5) is 20.4. The van der Waals surface area contributed by atoms with Gasteiger partial charge in [0.1, 0.15) is 5.82 Å². The lowest BCUT2D eigenvalue weighted by atomic mass is 10.1. The molecule has 1 saturated heterocycles. The van der Waals surface area contributed by atoms with E-state index in [1.807, 2.05) is 17.0 Å². The van der Waals surface area contributed by atoms with Gasteiger partial charge in [-0.15, -0.1) is 0 Å². The van der Waals surface area contributed by atoms with Crippen molar-refractivity contribution in [1.29, 1.82) is 0 Å². The molecule has 0 radical (unpaired) electrons. The Morgan fingerprint density at radius 3 is 2.55 bits per heavy atom. The van der Waals surface area contributed by atoms with Crippen LogP contribution < -0.4 is 10.6 Å². The summed E-state index contributed by atoms with van der Waals surface area (Å²) in [5, 5.41) is 0. The van der Waals surface area contributed by atoms with E-state index in [1.165, 1.54) is 0 Å². The SMILES string of the molecule is CC(C)CCC(=O)N1CCN(c2ccc(N)nc2)CC1. The summed E-state index contributed by atoms with van der Waals surface area (Å²) < 4.78 is 0. The number of amides is 1. The van der Waals surface area contributed by atoms with Crippen LogP contribution in [0.5, 0.6) is 0 Å². The Morgan fingerprint density at radius 1 is 1.30 bits per heavy atom. The minimum atomic E-state index is 0.286. The summed E-state index contributed by atoms with van der Waals surface area (Å²) in [5.74, 6) is 1.41. The number of anilines is 2. The second kappa shape index (κ2) is 6.59. The number of aromatic nitrogens is 1. The average molecular weight is 276 g/mol. The lowest BCUT2D eigenvalue weighted by Gasteiger charge is -2.36. The van der Waals surface area contributed by atoms with Gasteiger partial charge in [-0.2, -0.15) is 0 Å². The van der Waals surface area contributed by atoms with Crippen LogP contribution in [-0.4, -0.2) is 42.0 Å². The number of nitrogen functional groups attached to an aromatic ring is 1. The van der Waals surface area contributed by atoms with Crippen LogP contribution in [0.15, 0.2) is 18.3 Å². The molecular weight excluding hydrogens is 252 g/mol. The van der Waals surface area contributed by atoms with Gasteiger partial charge in [0.2, 0.25) is 5.91 Å². The first kappa shape index (κ1) is 14.6. The summed E-state index contributed by atoms with van der Waals surface area (Å²) in [5.41, 5.74) is 6.67. The molecule has 1 aliphatic heterocycles. The van der Waals surface area contributed by atoms with Gasteiger partial charge in [-0.25, -0.2) is 4.98 Å². The predicted octanol–water partition coefficient (Wildman–Crippen LogP) is 1.75. The zero-order valence-corrected chi connectivity index (χ0v) is 12.4. The number of nitrogens with zero attached hydrogens (tertiary/aromatic N) is 3. The summed E-state index contributed by atoms with van der Waals surface area (Å²) in [6, 6.07) is 3.80. The minimum Gasteiger partial charge on any atom is -0.384 e. The van der Waals surface area contributed by atoms with Gasteiger partial charge >= 0.3 is 0 Å². The van der Waals surface area contributed by atoms with Crippen LogP contribution in [0.3, 0.4) is 0 Å². The smallest absolute Gasteiger partial charge is 0.222 e. The Morgan fingerprint density at radius 2 is 2.00 bits per heavy atom. The van der Waals surface area contributed by atoms with Crippen LogP contribution in [0.4, 0.5) is 11.5 Å². The monoisotopic (exact) mass is 276 g/mol. The lowest BCUT2D eigenvalue weighted by Crippen LogP contribution is -2.48. The Balaban J connectivity index is 1.83. The van der Waals surface area contributed by atoms with Gasteiger partial charge in [-0.05, 0) is 24.5 Å². The van der Waals surface area contributed by atoms with Crippen LogP contribution in [-0.2, 0) is 4.79 Å². The Hall–Kier alpha value is -1.78. The molecule has 1 aliphatic rings. The van der Waals surface area contributed by atoms with Crippen LogP contribution in [0.1, 0.15) is 26.7 Å². The molecule has 110 valence electrons. The normalized spacial score (nSPS) is 15.8. The van der Waals surface area contributed by atoms with Crippen molar-refractivity contribution in [2.24, 2.45) is 5.92 Å². The molecule has 5 nitrogen and oxygen atoms in total. The number of nitrogens with two attached hydrogens (primary N) is 1. The number of hydrogen-bond acceptors (Lipinski definition) is 4. The topological polar surface area (TPSA) is 62.5 Å². The van der Waals surface area contributed by atoms with Gasteiger partial charge in [-0.1, -0.05) is 13.8 Å². The van der Waals surface area contributed by atoms with Crippen LogP contribution in [0.25, 0.3) is 0 Å². The number of piperazine rings is 1. The van der Waals surface area contributed by atoms with Gasteiger partial charge < -0.3 is 15.5 Å². The van der Waals surface area contributed by atoms with Crippen molar-refractivity contribution in [2.75, 3.05) is 36.8 Å². The molecule has 2 N–H and O–H groups in total. The number of pyridine rings is 1. The Kier molecular flexibility index (Phi) is 4.82. The van der Waals surface area contributed by atoms with Crippen molar-refractivity contribution < 1.29 is 4.79 Å². The van der Waals surface area contributed by atoms with E-state index in [1.54, 1.807) is 6.20 Å². The van der Waals surface area contributed by atoms with E-state index >= 15 is 0 Å². The lowest BCUT2D eigenvalue weighted by molar-refractivity contribution is -0.131. The third kappa shape index (κ3) is 3.85. The second-order valence-corrected chi connectivity index (χ2v) is 5.74. The Labute approximate surface area is 120 Å². The molecule has 0 saturated carbocycles. The van der Waals surface area contributed by atoms with E-state index in [0.29, 0.717) is 18.2 Å². The number of rotatable bonds is 4. The van der Waals surface area contributed by atoms with Crippen molar-refractivity contribution in [3.05, 3.63) is 18.3 Å². The van der Waals surface area contributed by atoms with Crippen molar-refractivity contribution >= 4 is 17.4 Å². The molecule has 0 unspecified atom stereocenters. The maximum absolute atomic E-state index is 12.1. The molecule has 0 aromatic carbocycles. The first-order chi connectivity index (χ1) is 9.56. The summed E-state index contributed by atoms with van der Waals surface area (Å²) in [7, 11) is 0. The summed E-state index contributed by atoms with van der Waals surface area (Å²) in [6.07, 6.45) is 3.44. The molecular formula is C15H24N4O. The molecule has 0 atom stereocenters. The van der Waals surface area contributed by atoms with Crippen molar-refractivity contribution in [3.8, 4) is 0 Å². The third-order valence-corrected chi connectivity index (χ3v) is 3.70. The molecule has 2 rings (SSSR count). The van der Waals surface area contributed by atoms with Crippen LogP contribution in [0.2, 0.25) is 0 Å². The van der Waals surface area contributed by atoms with Crippen molar-refractivity contribution in [2.45, 2.75) is 26.7 Å². The molecule has 0 aliphatic carbocycles. The zero-order valence-electron chi connectivity index (χ0n) is 12.4. The van der Waals surface area contributed by atoms with Crippen molar-refractivity contribution in [1.82, 2.24) is 9.88 Å². The van der Waals surface area contributed by atoms with E-state index in [-0.39, 0.29) is 5.91 Å². The third-order valence-electron chi connectivity index (χ3n) is 3.70. The number of carbonyl (C=O) groups excluding carboxylic acids is 1. The predicted molar refractivity (Wildman–Crippen MR) is 81.5 cm³/mol. The fourth-order valence-electron chi connectivity index (χ4n) is 2.37. The van der Waals surface area contributed by atoms with Crippen LogP contribution in [0, 0.1) is 5.92 Å². The molecule has 0 spiro atoms. The second-order valence-electron chi connectivity index (χ2n) is 5.74. The Bertz CT molecular complexity index is 436. The highest BCUT2D eigenvalue weighted by Crippen LogP contribution is 2.17.